The molecule has 0 spiro atoms. The lowest BCUT2D eigenvalue weighted by Crippen LogP contribution is -2.63. The van der Waals surface area contributed by atoms with E-state index in [-0.39, 0.29) is 12.5 Å². The first kappa shape index (κ1) is 22.8. The Hall–Kier alpha value is -2.20. The normalized spacial score (nSPS) is 28.7. The molecule has 1 rings (SSSR count). The van der Waals surface area contributed by atoms with E-state index >= 15 is 0 Å². The summed E-state index contributed by atoms with van der Waals surface area (Å²) in [5.41, 5.74) is 0. The number of hydrogen-bond donors (Lipinski definition) is 1. The van der Waals surface area contributed by atoms with Crippen molar-refractivity contribution in [2.75, 3.05) is 6.61 Å². The fourth-order valence-corrected chi connectivity index (χ4v) is 2.48. The Labute approximate surface area is 157 Å². The van der Waals surface area contributed by atoms with Gasteiger partial charge in [0, 0.05) is 20.8 Å². The second-order valence-corrected chi connectivity index (χ2v) is 6.33. The van der Waals surface area contributed by atoms with Crippen LogP contribution in [0.15, 0.2) is 0 Å². The summed E-state index contributed by atoms with van der Waals surface area (Å²) >= 11 is 0. The molecule has 1 aliphatic heterocycles. The number of carbonyl (C=O) groups excluding carboxylic acids is 3. The third-order valence-electron chi connectivity index (χ3n) is 3.89. The minimum atomic E-state index is -1.67. The summed E-state index contributed by atoms with van der Waals surface area (Å²) in [5, 5.41) is 9.46. The summed E-state index contributed by atoms with van der Waals surface area (Å²) < 4.78 is 26.3. The molecule has 6 atom stereocenters. The molecule has 1 fully saturated rings. The van der Waals surface area contributed by atoms with Gasteiger partial charge in [-0.2, -0.15) is 0 Å². The lowest BCUT2D eigenvalue weighted by atomic mass is 9.97. The summed E-state index contributed by atoms with van der Waals surface area (Å²) in [6, 6.07) is 0. The fraction of sp³-hybridized carbons (Fsp3) is 0.765. The first-order valence-corrected chi connectivity index (χ1v) is 8.58. The zero-order valence-corrected chi connectivity index (χ0v) is 16.0. The van der Waals surface area contributed by atoms with Gasteiger partial charge < -0.3 is 28.8 Å². The van der Waals surface area contributed by atoms with E-state index in [2.05, 4.69) is 0 Å². The van der Waals surface area contributed by atoms with E-state index in [0.29, 0.717) is 0 Å². The minimum Gasteiger partial charge on any atom is -0.479 e. The van der Waals surface area contributed by atoms with Crippen LogP contribution in [0.1, 0.15) is 41.0 Å². The first-order chi connectivity index (χ1) is 12.6. The standard InChI is InChI=1S/C17H26O10/c1-6-8(2)7-23-17-15(26-11(5)20)13(25-10(4)19)12(24-9(3)18)14(27-17)16(21)22/h8,12-15,17H,6-7H2,1-5H3,(H,21,22)/t8-,12?,13?,14?,15?,17?/m0/s1. The second-order valence-electron chi connectivity index (χ2n) is 6.33. The Bertz CT molecular complexity index is 560. The first-order valence-electron chi connectivity index (χ1n) is 8.58. The van der Waals surface area contributed by atoms with E-state index in [1.807, 2.05) is 13.8 Å². The molecule has 10 nitrogen and oxygen atoms in total. The molecule has 1 aliphatic rings. The lowest BCUT2D eigenvalue weighted by Gasteiger charge is -2.43. The Balaban J connectivity index is 3.25. The van der Waals surface area contributed by atoms with Gasteiger partial charge in [0.25, 0.3) is 0 Å². The number of ether oxygens (including phenoxy) is 5. The zero-order valence-electron chi connectivity index (χ0n) is 16.0. The average Bonchev–Trinajstić information content (AvgIpc) is 2.54. The summed E-state index contributed by atoms with van der Waals surface area (Å²) in [7, 11) is 0. The monoisotopic (exact) mass is 390 g/mol. The van der Waals surface area contributed by atoms with E-state index in [1.165, 1.54) is 0 Å². The molecule has 0 aliphatic carbocycles. The number of carboxylic acid groups (broad SMARTS) is 1. The van der Waals surface area contributed by atoms with Crippen molar-refractivity contribution < 1.29 is 48.0 Å². The smallest absolute Gasteiger partial charge is 0.337 e. The van der Waals surface area contributed by atoms with Gasteiger partial charge in [0.05, 0.1) is 6.61 Å². The predicted octanol–water partition coefficient (Wildman–Crippen LogP) is 0.654. The van der Waals surface area contributed by atoms with Crippen molar-refractivity contribution in [3.8, 4) is 0 Å². The highest BCUT2D eigenvalue weighted by Crippen LogP contribution is 2.30. The Morgan fingerprint density at radius 2 is 1.41 bits per heavy atom. The number of carbonyl (C=O) groups is 4. The van der Waals surface area contributed by atoms with Crippen molar-refractivity contribution >= 4 is 23.9 Å². The van der Waals surface area contributed by atoms with E-state index < -0.39 is 54.6 Å². The quantitative estimate of drug-likeness (QED) is 0.465. The summed E-state index contributed by atoms with van der Waals surface area (Å²) in [6.07, 6.45) is -6.44. The highest BCUT2D eigenvalue weighted by molar-refractivity contribution is 5.75. The molecule has 0 saturated carbocycles. The maximum absolute atomic E-state index is 11.6. The Morgan fingerprint density at radius 3 is 1.85 bits per heavy atom. The molecular weight excluding hydrogens is 364 g/mol. The average molecular weight is 390 g/mol. The van der Waals surface area contributed by atoms with Crippen molar-refractivity contribution in [2.24, 2.45) is 5.92 Å². The Morgan fingerprint density at radius 1 is 0.926 bits per heavy atom. The summed E-state index contributed by atoms with van der Waals surface area (Å²) in [5.74, 6) is -3.65. The molecule has 0 amide bonds. The molecule has 1 N–H and O–H groups in total. The van der Waals surface area contributed by atoms with Crippen LogP contribution >= 0.6 is 0 Å². The SMILES string of the molecule is CC[C@H](C)COC1OC(C(=O)O)C(OC(C)=O)C(OC(C)=O)C1OC(C)=O. The molecular formula is C17H26O10. The van der Waals surface area contributed by atoms with Crippen LogP contribution in [0.5, 0.6) is 0 Å². The van der Waals surface area contributed by atoms with Gasteiger partial charge in [-0.3, -0.25) is 14.4 Å². The maximum Gasteiger partial charge on any atom is 0.337 e. The third-order valence-corrected chi connectivity index (χ3v) is 3.89. The molecule has 154 valence electrons. The van der Waals surface area contributed by atoms with Gasteiger partial charge in [0.2, 0.25) is 0 Å². The molecule has 0 bridgehead atoms. The molecule has 5 unspecified atom stereocenters. The molecule has 0 aromatic heterocycles. The molecule has 27 heavy (non-hydrogen) atoms. The second kappa shape index (κ2) is 10.2. The highest BCUT2D eigenvalue weighted by atomic mass is 16.7. The summed E-state index contributed by atoms with van der Waals surface area (Å²) in [6.45, 7) is 7.32. The molecule has 1 heterocycles. The Kier molecular flexibility index (Phi) is 8.64. The van der Waals surface area contributed by atoms with E-state index in [1.54, 1.807) is 0 Å². The number of esters is 3. The van der Waals surface area contributed by atoms with Crippen LogP contribution in [0.4, 0.5) is 0 Å². The van der Waals surface area contributed by atoms with Gasteiger partial charge in [-0.1, -0.05) is 20.3 Å². The lowest BCUT2D eigenvalue weighted by molar-refractivity contribution is -0.302. The van der Waals surface area contributed by atoms with Crippen molar-refractivity contribution in [3.63, 3.8) is 0 Å². The number of rotatable bonds is 8. The van der Waals surface area contributed by atoms with Crippen LogP contribution in [0.25, 0.3) is 0 Å². The van der Waals surface area contributed by atoms with Crippen LogP contribution in [-0.2, 0) is 42.9 Å². The number of hydrogen-bond acceptors (Lipinski definition) is 9. The van der Waals surface area contributed by atoms with Crippen molar-refractivity contribution in [1.29, 1.82) is 0 Å². The molecule has 0 aromatic carbocycles. The maximum atomic E-state index is 11.6. The summed E-state index contributed by atoms with van der Waals surface area (Å²) in [4.78, 5) is 46.1. The largest absolute Gasteiger partial charge is 0.479 e. The highest BCUT2D eigenvalue weighted by Gasteiger charge is 2.54. The molecule has 1 saturated heterocycles. The number of carboxylic acids is 1. The molecule has 10 heteroatoms. The van der Waals surface area contributed by atoms with Gasteiger partial charge >= 0.3 is 23.9 Å². The van der Waals surface area contributed by atoms with Crippen LogP contribution in [0, 0.1) is 5.92 Å². The van der Waals surface area contributed by atoms with Crippen LogP contribution in [-0.4, -0.2) is 66.3 Å². The number of aliphatic carboxylic acids is 1. The van der Waals surface area contributed by atoms with Gasteiger partial charge in [-0.15, -0.1) is 0 Å². The van der Waals surface area contributed by atoms with Gasteiger partial charge in [0.15, 0.2) is 30.7 Å². The van der Waals surface area contributed by atoms with E-state index in [4.69, 9.17) is 23.7 Å². The predicted molar refractivity (Wildman–Crippen MR) is 88.4 cm³/mol. The third kappa shape index (κ3) is 6.79. The van der Waals surface area contributed by atoms with Gasteiger partial charge in [-0.05, 0) is 5.92 Å². The molecule has 0 aromatic rings. The van der Waals surface area contributed by atoms with Crippen molar-refractivity contribution in [2.45, 2.75) is 71.7 Å². The van der Waals surface area contributed by atoms with Gasteiger partial charge in [0.1, 0.15) is 0 Å². The van der Waals surface area contributed by atoms with Crippen LogP contribution in [0.3, 0.4) is 0 Å². The minimum absolute atomic E-state index is 0.119. The van der Waals surface area contributed by atoms with Crippen LogP contribution < -0.4 is 0 Å². The van der Waals surface area contributed by atoms with Crippen LogP contribution in [0.2, 0.25) is 0 Å². The topological polar surface area (TPSA) is 135 Å². The van der Waals surface area contributed by atoms with Crippen molar-refractivity contribution in [1.82, 2.24) is 0 Å². The van der Waals surface area contributed by atoms with E-state index in [9.17, 15) is 24.3 Å². The zero-order chi connectivity index (χ0) is 20.7. The van der Waals surface area contributed by atoms with Gasteiger partial charge in [-0.25, -0.2) is 4.79 Å². The molecule has 0 radical (unpaired) electrons. The van der Waals surface area contributed by atoms with E-state index in [0.717, 1.165) is 27.2 Å². The fourth-order valence-electron chi connectivity index (χ4n) is 2.48. The van der Waals surface area contributed by atoms with Crippen molar-refractivity contribution in [3.05, 3.63) is 0 Å².